The van der Waals surface area contributed by atoms with Gasteiger partial charge in [0.25, 0.3) is 0 Å². The third kappa shape index (κ3) is 5.58. The highest BCUT2D eigenvalue weighted by Gasteiger charge is 2.21. The molecule has 3 aromatic carbocycles. The van der Waals surface area contributed by atoms with Crippen molar-refractivity contribution in [1.82, 2.24) is 0 Å². The van der Waals surface area contributed by atoms with Crippen LogP contribution in [-0.2, 0) is 13.2 Å². The van der Waals surface area contributed by atoms with Gasteiger partial charge < -0.3 is 29.4 Å². The molecule has 6 nitrogen and oxygen atoms in total. The third-order valence-electron chi connectivity index (χ3n) is 5.01. The highest BCUT2D eigenvalue weighted by molar-refractivity contribution is 6.31. The number of hydrogen-bond acceptors (Lipinski definition) is 6. The highest BCUT2D eigenvalue weighted by atomic mass is 35.5. The summed E-state index contributed by atoms with van der Waals surface area (Å²) in [6.07, 6.45) is 0. The Bertz CT molecular complexity index is 1110. The molecule has 0 bridgehead atoms. The fourth-order valence-electron chi connectivity index (χ4n) is 3.44. The van der Waals surface area contributed by atoms with Crippen LogP contribution < -0.4 is 24.3 Å². The molecule has 0 heterocycles. The summed E-state index contributed by atoms with van der Waals surface area (Å²) in [5.74, 6) is 1.15. The van der Waals surface area contributed by atoms with Gasteiger partial charge in [-0.05, 0) is 36.4 Å². The summed E-state index contributed by atoms with van der Waals surface area (Å²) in [7, 11) is 4.50. The van der Waals surface area contributed by atoms with Gasteiger partial charge in [-0.3, -0.25) is 0 Å². The molecular weight excluding hydrogens is 456 g/mol. The zero-order chi connectivity index (χ0) is 24.0. The lowest BCUT2D eigenvalue weighted by molar-refractivity contribution is -0.0522. The predicted octanol–water partition coefficient (Wildman–Crippen LogP) is 5.74. The zero-order valence-corrected chi connectivity index (χ0v) is 19.1. The number of ether oxygens (including phenoxy) is 4. The van der Waals surface area contributed by atoms with E-state index >= 15 is 0 Å². The normalized spacial score (nSPS) is 10.8. The number of aliphatic hydroxyl groups is 1. The molecule has 176 valence electrons. The molecule has 0 saturated carbocycles. The van der Waals surface area contributed by atoms with Crippen molar-refractivity contribution < 1.29 is 32.8 Å². The van der Waals surface area contributed by atoms with Crippen LogP contribution in [0.1, 0.15) is 11.1 Å². The van der Waals surface area contributed by atoms with Crippen LogP contribution in [0.25, 0.3) is 11.1 Å². The Hall–Kier alpha value is -3.23. The van der Waals surface area contributed by atoms with E-state index in [0.29, 0.717) is 39.9 Å². The van der Waals surface area contributed by atoms with Gasteiger partial charge in [-0.25, -0.2) is 0 Å². The van der Waals surface area contributed by atoms with E-state index < -0.39 is 13.2 Å². The van der Waals surface area contributed by atoms with E-state index in [1.807, 2.05) is 12.1 Å². The van der Waals surface area contributed by atoms with Crippen molar-refractivity contribution in [2.45, 2.75) is 19.8 Å². The van der Waals surface area contributed by atoms with Gasteiger partial charge in [-0.1, -0.05) is 17.7 Å². The summed E-state index contributed by atoms with van der Waals surface area (Å²) in [4.78, 5) is 0. The second kappa shape index (κ2) is 11.1. The monoisotopic (exact) mass is 479 g/mol. The number of nitrogens with one attached hydrogen (secondary N) is 1. The van der Waals surface area contributed by atoms with Crippen LogP contribution in [0.3, 0.4) is 0 Å². The van der Waals surface area contributed by atoms with E-state index in [1.165, 1.54) is 13.2 Å². The standard InChI is InChI=1S/C24H24ClF2NO5/c1-30-17-7-4-14(21(11-17)31-2)12-28-20-9-6-16(25)10-19(20)18-8-5-15(13-29)22(23(18)32-3)33-24(26)27/h4-11,24,28-29H,12-13H2,1-3H3. The number of benzene rings is 3. The van der Waals surface area contributed by atoms with Gasteiger partial charge in [0.2, 0.25) is 0 Å². The van der Waals surface area contributed by atoms with Crippen LogP contribution in [0.4, 0.5) is 14.5 Å². The molecule has 3 rings (SSSR count). The molecule has 0 saturated heterocycles. The summed E-state index contributed by atoms with van der Waals surface area (Å²) in [5.41, 5.74) is 2.81. The van der Waals surface area contributed by atoms with E-state index in [9.17, 15) is 13.9 Å². The molecule has 9 heteroatoms. The van der Waals surface area contributed by atoms with Gasteiger partial charge in [-0.2, -0.15) is 8.78 Å². The summed E-state index contributed by atoms with van der Waals surface area (Å²) < 4.78 is 46.9. The summed E-state index contributed by atoms with van der Waals surface area (Å²) in [6.45, 7) is -3.17. The van der Waals surface area contributed by atoms with Gasteiger partial charge in [0.1, 0.15) is 11.5 Å². The number of halogens is 3. The Labute approximate surface area is 195 Å². The van der Waals surface area contributed by atoms with Crippen molar-refractivity contribution in [3.63, 3.8) is 0 Å². The molecule has 0 radical (unpaired) electrons. The highest BCUT2D eigenvalue weighted by Crippen LogP contribution is 2.44. The van der Waals surface area contributed by atoms with Gasteiger partial charge in [0, 0.05) is 45.6 Å². The quantitative estimate of drug-likeness (QED) is 0.386. The second-order valence-corrected chi connectivity index (χ2v) is 7.33. The van der Waals surface area contributed by atoms with Gasteiger partial charge in [0.15, 0.2) is 11.5 Å². The molecule has 0 aliphatic heterocycles. The van der Waals surface area contributed by atoms with E-state index in [0.717, 1.165) is 5.56 Å². The van der Waals surface area contributed by atoms with Crippen LogP contribution in [0.2, 0.25) is 5.02 Å². The van der Waals surface area contributed by atoms with Crippen LogP contribution in [0.5, 0.6) is 23.0 Å². The molecule has 0 aromatic heterocycles. The maximum atomic E-state index is 13.1. The van der Waals surface area contributed by atoms with E-state index in [-0.39, 0.29) is 17.1 Å². The Balaban J connectivity index is 2.03. The molecule has 0 amide bonds. The predicted molar refractivity (Wildman–Crippen MR) is 123 cm³/mol. The maximum Gasteiger partial charge on any atom is 0.387 e. The minimum absolute atomic E-state index is 0.0641. The number of methoxy groups -OCH3 is 3. The summed E-state index contributed by atoms with van der Waals surface area (Å²) in [6, 6.07) is 13.8. The van der Waals surface area contributed by atoms with Gasteiger partial charge in [-0.15, -0.1) is 0 Å². The molecule has 0 fully saturated rings. The SMILES string of the molecule is COc1ccc(CNc2ccc(Cl)cc2-c2ccc(CO)c(OC(F)F)c2OC)c(OC)c1. The molecule has 0 spiro atoms. The lowest BCUT2D eigenvalue weighted by Gasteiger charge is -2.20. The molecule has 0 atom stereocenters. The van der Waals surface area contributed by atoms with E-state index in [4.69, 9.17) is 25.8 Å². The summed E-state index contributed by atoms with van der Waals surface area (Å²) >= 11 is 6.25. The van der Waals surface area contributed by atoms with Gasteiger partial charge in [0.05, 0.1) is 27.9 Å². The molecule has 0 aliphatic rings. The number of anilines is 1. The second-order valence-electron chi connectivity index (χ2n) is 6.89. The Morgan fingerprint density at radius 2 is 1.64 bits per heavy atom. The Morgan fingerprint density at radius 3 is 2.27 bits per heavy atom. The molecule has 0 unspecified atom stereocenters. The van der Waals surface area contributed by atoms with Crippen LogP contribution in [-0.4, -0.2) is 33.0 Å². The maximum absolute atomic E-state index is 13.1. The number of hydrogen-bond donors (Lipinski definition) is 2. The first-order valence-corrected chi connectivity index (χ1v) is 10.3. The van der Waals surface area contributed by atoms with E-state index in [1.54, 1.807) is 44.6 Å². The van der Waals surface area contributed by atoms with Crippen LogP contribution >= 0.6 is 11.6 Å². The Kier molecular flexibility index (Phi) is 8.19. The molecule has 33 heavy (non-hydrogen) atoms. The minimum atomic E-state index is -3.08. The zero-order valence-electron chi connectivity index (χ0n) is 18.3. The van der Waals surface area contributed by atoms with Crippen molar-refractivity contribution in [3.05, 3.63) is 64.7 Å². The average molecular weight is 480 g/mol. The first-order chi connectivity index (χ1) is 15.9. The van der Waals surface area contributed by atoms with Crippen molar-refractivity contribution >= 4 is 17.3 Å². The lowest BCUT2D eigenvalue weighted by atomic mass is 9.99. The Morgan fingerprint density at radius 1 is 0.879 bits per heavy atom. The van der Waals surface area contributed by atoms with E-state index in [2.05, 4.69) is 10.1 Å². The topological polar surface area (TPSA) is 69.2 Å². The molecule has 0 aliphatic carbocycles. The molecule has 2 N–H and O–H groups in total. The fraction of sp³-hybridized carbons (Fsp3) is 0.250. The van der Waals surface area contributed by atoms with Crippen LogP contribution in [0.15, 0.2) is 48.5 Å². The van der Waals surface area contributed by atoms with Crippen molar-refractivity contribution in [1.29, 1.82) is 0 Å². The molecule has 3 aromatic rings. The first kappa shape index (κ1) is 24.4. The largest absolute Gasteiger partial charge is 0.497 e. The number of rotatable bonds is 10. The average Bonchev–Trinajstić information content (AvgIpc) is 2.82. The number of alkyl halides is 2. The molecular formula is C24H24ClF2NO5. The summed E-state index contributed by atoms with van der Waals surface area (Å²) in [5, 5.41) is 13.4. The first-order valence-electron chi connectivity index (χ1n) is 9.92. The number of aliphatic hydroxyl groups excluding tert-OH is 1. The van der Waals surface area contributed by atoms with Gasteiger partial charge >= 0.3 is 6.61 Å². The smallest absolute Gasteiger partial charge is 0.387 e. The third-order valence-corrected chi connectivity index (χ3v) is 5.25. The van der Waals surface area contributed by atoms with Crippen molar-refractivity contribution in [2.75, 3.05) is 26.6 Å². The van der Waals surface area contributed by atoms with Crippen molar-refractivity contribution in [3.8, 4) is 34.1 Å². The lowest BCUT2D eigenvalue weighted by Crippen LogP contribution is -2.08. The van der Waals surface area contributed by atoms with Crippen molar-refractivity contribution in [2.24, 2.45) is 0 Å². The van der Waals surface area contributed by atoms with Crippen LogP contribution in [0, 0.1) is 0 Å². The minimum Gasteiger partial charge on any atom is -0.497 e. The fourth-order valence-corrected chi connectivity index (χ4v) is 3.61.